The quantitative estimate of drug-likeness (QED) is 0.592. The van der Waals surface area contributed by atoms with Gasteiger partial charge in [0.15, 0.2) is 11.6 Å². The fourth-order valence-electron chi connectivity index (χ4n) is 2.04. The highest BCUT2D eigenvalue weighted by Gasteiger charge is 2.30. The molecule has 1 heterocycles. The summed E-state index contributed by atoms with van der Waals surface area (Å²) in [6, 6.07) is 3.64. The zero-order chi connectivity index (χ0) is 14.4. The summed E-state index contributed by atoms with van der Waals surface area (Å²) in [5, 5.41) is 0. The van der Waals surface area contributed by atoms with Gasteiger partial charge in [-0.25, -0.2) is 8.78 Å². The minimum Gasteiger partial charge on any atom is -0.404 e. The van der Waals surface area contributed by atoms with Gasteiger partial charge in [-0.15, -0.1) is 0 Å². The van der Waals surface area contributed by atoms with Crippen LogP contribution in [0.1, 0.15) is 26.2 Å². The molecule has 0 atom stereocenters. The lowest BCUT2D eigenvalue weighted by Crippen LogP contribution is -2.47. The predicted molar refractivity (Wildman–Crippen MR) is 72.9 cm³/mol. The lowest BCUT2D eigenvalue weighted by molar-refractivity contribution is -0.0431. The fourth-order valence-corrected chi connectivity index (χ4v) is 2.04. The molecular formula is C14H19BF2O3. The standard InChI is InChI=1S/C14H19BF2O3/c1-2-3-4-7-18-12-9-19-15(20-10-12)11-5-6-13(16)14(17)8-11/h5-6,8,12H,2-4,7,9-10H2,1H3. The zero-order valence-corrected chi connectivity index (χ0v) is 11.6. The Balaban J connectivity index is 1.77. The molecule has 1 aromatic rings. The SMILES string of the molecule is CCCCCOC1COB(c2ccc(F)c(F)c2)OC1. The molecule has 1 aliphatic rings. The van der Waals surface area contributed by atoms with Gasteiger partial charge in [0, 0.05) is 6.61 Å². The molecule has 0 aliphatic carbocycles. The Morgan fingerprint density at radius 3 is 2.60 bits per heavy atom. The summed E-state index contributed by atoms with van der Waals surface area (Å²) < 4.78 is 42.6. The monoisotopic (exact) mass is 284 g/mol. The summed E-state index contributed by atoms with van der Waals surface area (Å²) in [7, 11) is -0.652. The number of rotatable bonds is 6. The van der Waals surface area contributed by atoms with Crippen LogP contribution in [0.2, 0.25) is 0 Å². The molecule has 0 aromatic heterocycles. The molecule has 1 aromatic carbocycles. The van der Waals surface area contributed by atoms with Crippen molar-refractivity contribution in [1.82, 2.24) is 0 Å². The largest absolute Gasteiger partial charge is 0.494 e. The van der Waals surface area contributed by atoms with Crippen molar-refractivity contribution in [2.75, 3.05) is 19.8 Å². The van der Waals surface area contributed by atoms with Crippen LogP contribution in [0.3, 0.4) is 0 Å². The van der Waals surface area contributed by atoms with Crippen LogP contribution in [0.4, 0.5) is 8.78 Å². The second kappa shape index (κ2) is 7.71. The van der Waals surface area contributed by atoms with Crippen molar-refractivity contribution in [2.45, 2.75) is 32.3 Å². The third-order valence-corrected chi connectivity index (χ3v) is 3.18. The van der Waals surface area contributed by atoms with E-state index in [2.05, 4.69) is 6.92 Å². The van der Waals surface area contributed by atoms with Crippen LogP contribution in [-0.4, -0.2) is 33.0 Å². The van der Waals surface area contributed by atoms with Crippen LogP contribution in [0.5, 0.6) is 0 Å². The number of halogens is 2. The van der Waals surface area contributed by atoms with Crippen molar-refractivity contribution < 1.29 is 22.8 Å². The molecule has 0 N–H and O–H groups in total. The van der Waals surface area contributed by atoms with Gasteiger partial charge in [0.1, 0.15) is 6.10 Å². The lowest BCUT2D eigenvalue weighted by Gasteiger charge is -2.27. The third-order valence-electron chi connectivity index (χ3n) is 3.18. The predicted octanol–water partition coefficient (Wildman–Crippen LogP) is 2.28. The van der Waals surface area contributed by atoms with E-state index < -0.39 is 18.8 Å². The van der Waals surface area contributed by atoms with Crippen molar-refractivity contribution in [1.29, 1.82) is 0 Å². The van der Waals surface area contributed by atoms with E-state index >= 15 is 0 Å². The minimum atomic E-state index is -0.896. The normalized spacial score (nSPS) is 16.6. The minimum absolute atomic E-state index is 0.0894. The average Bonchev–Trinajstić information content (AvgIpc) is 2.47. The molecule has 2 rings (SSSR count). The average molecular weight is 284 g/mol. The zero-order valence-electron chi connectivity index (χ0n) is 11.6. The molecule has 0 saturated carbocycles. The molecule has 0 amide bonds. The van der Waals surface area contributed by atoms with Gasteiger partial charge in [-0.1, -0.05) is 25.8 Å². The van der Waals surface area contributed by atoms with Crippen molar-refractivity contribution in [3.63, 3.8) is 0 Å². The second-order valence-corrected chi connectivity index (χ2v) is 4.87. The van der Waals surface area contributed by atoms with Crippen LogP contribution in [0, 0.1) is 11.6 Å². The maximum Gasteiger partial charge on any atom is 0.494 e. The second-order valence-electron chi connectivity index (χ2n) is 4.87. The molecule has 0 radical (unpaired) electrons. The van der Waals surface area contributed by atoms with Crippen molar-refractivity contribution in [2.24, 2.45) is 0 Å². The molecule has 3 nitrogen and oxygen atoms in total. The van der Waals surface area contributed by atoms with E-state index in [1.165, 1.54) is 6.07 Å². The van der Waals surface area contributed by atoms with Gasteiger partial charge in [-0.2, -0.15) is 0 Å². The highest BCUT2D eigenvalue weighted by Crippen LogP contribution is 2.09. The third kappa shape index (κ3) is 4.26. The highest BCUT2D eigenvalue weighted by molar-refractivity contribution is 6.61. The Hall–Kier alpha value is -0.975. The molecule has 110 valence electrons. The summed E-state index contributed by atoms with van der Waals surface area (Å²) >= 11 is 0. The van der Waals surface area contributed by atoms with Gasteiger partial charge >= 0.3 is 7.12 Å². The Bertz CT molecular complexity index is 423. The van der Waals surface area contributed by atoms with Gasteiger partial charge in [-0.05, 0) is 24.0 Å². The van der Waals surface area contributed by atoms with Gasteiger partial charge in [0.2, 0.25) is 0 Å². The first-order valence-electron chi connectivity index (χ1n) is 7.00. The van der Waals surface area contributed by atoms with E-state index in [1.807, 2.05) is 0 Å². The van der Waals surface area contributed by atoms with E-state index in [9.17, 15) is 8.78 Å². The first-order chi connectivity index (χ1) is 9.70. The van der Waals surface area contributed by atoms with E-state index in [0.717, 1.165) is 31.4 Å². The first-order valence-corrected chi connectivity index (χ1v) is 7.00. The number of benzene rings is 1. The van der Waals surface area contributed by atoms with E-state index in [4.69, 9.17) is 14.0 Å². The van der Waals surface area contributed by atoms with Crippen LogP contribution >= 0.6 is 0 Å². The van der Waals surface area contributed by atoms with Crippen LogP contribution < -0.4 is 5.46 Å². The van der Waals surface area contributed by atoms with Crippen LogP contribution in [-0.2, 0) is 14.0 Å². The van der Waals surface area contributed by atoms with Gasteiger partial charge in [0.25, 0.3) is 0 Å². The number of unbranched alkanes of at least 4 members (excludes halogenated alkanes) is 2. The van der Waals surface area contributed by atoms with Crippen molar-refractivity contribution >= 4 is 12.6 Å². The molecular weight excluding hydrogens is 265 g/mol. The van der Waals surface area contributed by atoms with Crippen molar-refractivity contribution in [3.8, 4) is 0 Å². The molecule has 6 heteroatoms. The Morgan fingerprint density at radius 2 is 1.95 bits per heavy atom. The van der Waals surface area contributed by atoms with Gasteiger partial charge in [-0.3, -0.25) is 0 Å². The molecule has 0 unspecified atom stereocenters. The molecule has 1 saturated heterocycles. The van der Waals surface area contributed by atoms with Gasteiger partial charge in [0.05, 0.1) is 13.2 Å². The Morgan fingerprint density at radius 1 is 1.20 bits per heavy atom. The maximum atomic E-state index is 13.1. The molecule has 20 heavy (non-hydrogen) atoms. The van der Waals surface area contributed by atoms with E-state index in [-0.39, 0.29) is 6.10 Å². The Kier molecular flexibility index (Phi) is 5.95. The number of hydrogen-bond acceptors (Lipinski definition) is 3. The molecule has 0 spiro atoms. The smallest absolute Gasteiger partial charge is 0.404 e. The van der Waals surface area contributed by atoms with E-state index in [1.54, 1.807) is 0 Å². The summed E-state index contributed by atoms with van der Waals surface area (Å²) in [4.78, 5) is 0. The summed E-state index contributed by atoms with van der Waals surface area (Å²) in [6.45, 7) is 3.63. The maximum absolute atomic E-state index is 13.1. The number of hydrogen-bond donors (Lipinski definition) is 0. The molecule has 1 aliphatic heterocycles. The molecule has 0 bridgehead atoms. The summed E-state index contributed by atoms with van der Waals surface area (Å²) in [6.07, 6.45) is 3.23. The highest BCUT2D eigenvalue weighted by atomic mass is 19.2. The topological polar surface area (TPSA) is 27.7 Å². The number of ether oxygens (including phenoxy) is 1. The van der Waals surface area contributed by atoms with Crippen LogP contribution in [0.15, 0.2) is 18.2 Å². The first kappa shape index (κ1) is 15.4. The lowest BCUT2D eigenvalue weighted by atomic mass is 9.78. The fraction of sp³-hybridized carbons (Fsp3) is 0.571. The van der Waals surface area contributed by atoms with Gasteiger partial charge < -0.3 is 14.0 Å². The Labute approximate surface area is 118 Å². The van der Waals surface area contributed by atoms with E-state index in [0.29, 0.717) is 25.3 Å². The molecule has 1 fully saturated rings. The van der Waals surface area contributed by atoms with Crippen molar-refractivity contribution in [3.05, 3.63) is 29.8 Å². The summed E-state index contributed by atoms with van der Waals surface area (Å²) in [5.74, 6) is -1.77. The summed E-state index contributed by atoms with van der Waals surface area (Å²) in [5.41, 5.74) is 0.480. The van der Waals surface area contributed by atoms with Crippen LogP contribution in [0.25, 0.3) is 0 Å².